The van der Waals surface area contributed by atoms with Crippen LogP contribution in [0.1, 0.15) is 58.9 Å². The number of amides is 4. The number of H-pyrrole nitrogens is 1. The number of para-hydroxylation sites is 1. The highest BCUT2D eigenvalue weighted by atomic mass is 16.4. The van der Waals surface area contributed by atoms with Crippen LogP contribution in [0.25, 0.3) is 10.9 Å². The van der Waals surface area contributed by atoms with Gasteiger partial charge in [-0.2, -0.15) is 0 Å². The highest BCUT2D eigenvalue weighted by molar-refractivity contribution is 5.94. The Hall–Kier alpha value is -3.93. The Morgan fingerprint density at radius 3 is 2.20 bits per heavy atom. The molecule has 12 nitrogen and oxygen atoms in total. The smallest absolute Gasteiger partial charge is 0.326 e. The van der Waals surface area contributed by atoms with Crippen LogP contribution in [-0.4, -0.2) is 63.9 Å². The highest BCUT2D eigenvalue weighted by Crippen LogP contribution is 2.19. The number of carboxylic acids is 1. The predicted molar refractivity (Wildman–Crippen MR) is 151 cm³/mol. The molecule has 0 saturated heterocycles. The van der Waals surface area contributed by atoms with E-state index in [4.69, 9.17) is 11.5 Å². The van der Waals surface area contributed by atoms with Crippen LogP contribution in [0, 0.1) is 11.8 Å². The molecule has 5 atom stereocenters. The Labute approximate surface area is 234 Å². The summed E-state index contributed by atoms with van der Waals surface area (Å²) >= 11 is 0. The minimum absolute atomic E-state index is 0.0153. The number of hydrogen-bond acceptors (Lipinski definition) is 6. The normalized spacial score (nSPS) is 15.1. The summed E-state index contributed by atoms with van der Waals surface area (Å²) in [5, 5.41) is 18.2. The lowest BCUT2D eigenvalue weighted by atomic mass is 9.96. The van der Waals surface area contributed by atoms with Crippen LogP contribution in [0.15, 0.2) is 30.5 Å². The van der Waals surface area contributed by atoms with Gasteiger partial charge in [0.05, 0.1) is 6.04 Å². The molecule has 0 saturated carbocycles. The van der Waals surface area contributed by atoms with Crippen molar-refractivity contribution in [2.75, 3.05) is 0 Å². The SMILES string of the molecule is CCC(C)C(NC(=O)C(N)Cc1c[nH]c2ccccc12)C(=O)NC(CCC(N)=O)C(=O)NC(CC(C)C)C(=O)O. The lowest BCUT2D eigenvalue weighted by Gasteiger charge is -2.28. The number of aliphatic carboxylic acids is 1. The van der Waals surface area contributed by atoms with Crippen molar-refractivity contribution in [1.29, 1.82) is 0 Å². The fraction of sp³-hybridized carbons (Fsp3) is 0.536. The fourth-order valence-electron chi connectivity index (χ4n) is 4.37. The zero-order chi connectivity index (χ0) is 30.0. The second-order valence-corrected chi connectivity index (χ2v) is 10.6. The van der Waals surface area contributed by atoms with Crippen molar-refractivity contribution in [1.82, 2.24) is 20.9 Å². The van der Waals surface area contributed by atoms with Crippen LogP contribution >= 0.6 is 0 Å². The molecule has 0 radical (unpaired) electrons. The largest absolute Gasteiger partial charge is 0.480 e. The van der Waals surface area contributed by atoms with Gasteiger partial charge in [-0.1, -0.05) is 52.3 Å². The van der Waals surface area contributed by atoms with Gasteiger partial charge in [-0.05, 0) is 42.7 Å². The molecule has 1 aromatic carbocycles. The first-order valence-electron chi connectivity index (χ1n) is 13.6. The molecule has 0 aliphatic rings. The van der Waals surface area contributed by atoms with Crippen molar-refractivity contribution in [3.63, 3.8) is 0 Å². The van der Waals surface area contributed by atoms with Gasteiger partial charge in [-0.3, -0.25) is 19.2 Å². The van der Waals surface area contributed by atoms with Gasteiger partial charge in [0.1, 0.15) is 18.1 Å². The Kier molecular flexibility index (Phi) is 12.1. The molecule has 5 unspecified atom stereocenters. The fourth-order valence-corrected chi connectivity index (χ4v) is 4.37. The van der Waals surface area contributed by atoms with E-state index in [1.807, 2.05) is 45.0 Å². The number of carboxylic acid groups (broad SMARTS) is 1. The monoisotopic (exact) mass is 558 g/mol. The van der Waals surface area contributed by atoms with Crippen LogP contribution in [0.5, 0.6) is 0 Å². The number of nitrogens with one attached hydrogen (secondary N) is 4. The molecule has 40 heavy (non-hydrogen) atoms. The van der Waals surface area contributed by atoms with Crippen LogP contribution in [0.3, 0.4) is 0 Å². The van der Waals surface area contributed by atoms with Crippen LogP contribution in [0.4, 0.5) is 0 Å². The first-order chi connectivity index (χ1) is 18.8. The van der Waals surface area contributed by atoms with Gasteiger partial charge >= 0.3 is 5.97 Å². The number of nitrogens with two attached hydrogens (primary N) is 2. The number of primary amides is 1. The van der Waals surface area contributed by atoms with Crippen molar-refractivity contribution in [3.8, 4) is 0 Å². The van der Waals surface area contributed by atoms with Gasteiger partial charge in [-0.25, -0.2) is 4.79 Å². The molecule has 0 fully saturated rings. The molecular formula is C28H42N6O6. The molecule has 0 aliphatic heterocycles. The molecule has 0 aliphatic carbocycles. The molecule has 1 aromatic heterocycles. The summed E-state index contributed by atoms with van der Waals surface area (Å²) in [7, 11) is 0. The second kappa shape index (κ2) is 15.0. The molecule has 12 heteroatoms. The summed E-state index contributed by atoms with van der Waals surface area (Å²) in [5.74, 6) is -4.17. The number of fused-ring (bicyclic) bond motifs is 1. The van der Waals surface area contributed by atoms with E-state index >= 15 is 0 Å². The summed E-state index contributed by atoms with van der Waals surface area (Å²) < 4.78 is 0. The molecule has 0 spiro atoms. The third-order valence-electron chi connectivity index (χ3n) is 6.88. The third-order valence-corrected chi connectivity index (χ3v) is 6.88. The summed E-state index contributed by atoms with van der Waals surface area (Å²) in [6.45, 7) is 7.26. The molecule has 0 bridgehead atoms. The van der Waals surface area contributed by atoms with Crippen molar-refractivity contribution in [3.05, 3.63) is 36.0 Å². The summed E-state index contributed by atoms with van der Waals surface area (Å²) in [6, 6.07) is 3.25. The van der Waals surface area contributed by atoms with E-state index in [0.29, 0.717) is 6.42 Å². The van der Waals surface area contributed by atoms with Crippen LogP contribution in [-0.2, 0) is 30.4 Å². The minimum Gasteiger partial charge on any atom is -0.480 e. The molecule has 2 aromatic rings. The van der Waals surface area contributed by atoms with Gasteiger partial charge in [0.15, 0.2) is 0 Å². The number of aromatic nitrogens is 1. The number of rotatable bonds is 16. The van der Waals surface area contributed by atoms with E-state index in [9.17, 15) is 29.1 Å². The third kappa shape index (κ3) is 9.37. The van der Waals surface area contributed by atoms with E-state index in [-0.39, 0.29) is 37.5 Å². The predicted octanol–water partition coefficient (Wildman–Crippen LogP) is 0.934. The molecule has 4 amide bonds. The van der Waals surface area contributed by atoms with Gasteiger partial charge < -0.3 is 37.5 Å². The molecule has 1 heterocycles. The quantitative estimate of drug-likeness (QED) is 0.158. The highest BCUT2D eigenvalue weighted by Gasteiger charge is 2.33. The maximum absolute atomic E-state index is 13.4. The van der Waals surface area contributed by atoms with E-state index in [2.05, 4.69) is 20.9 Å². The average Bonchev–Trinajstić information content (AvgIpc) is 3.30. The lowest BCUT2D eigenvalue weighted by Crippen LogP contribution is -2.59. The number of aromatic amines is 1. The minimum atomic E-state index is -1.24. The number of carbonyl (C=O) groups excluding carboxylic acids is 4. The lowest BCUT2D eigenvalue weighted by molar-refractivity contribution is -0.143. The summed E-state index contributed by atoms with van der Waals surface area (Å²) in [5.41, 5.74) is 13.2. The van der Waals surface area contributed by atoms with E-state index in [1.165, 1.54) is 0 Å². The molecule has 220 valence electrons. The van der Waals surface area contributed by atoms with Crippen LogP contribution in [0.2, 0.25) is 0 Å². The Balaban J connectivity index is 2.16. The summed E-state index contributed by atoms with van der Waals surface area (Å²) in [4.78, 5) is 65.7. The van der Waals surface area contributed by atoms with Crippen molar-refractivity contribution in [2.24, 2.45) is 23.3 Å². The van der Waals surface area contributed by atoms with Gasteiger partial charge in [0.2, 0.25) is 23.6 Å². The maximum atomic E-state index is 13.4. The second-order valence-electron chi connectivity index (χ2n) is 10.6. The Bertz CT molecular complexity index is 1190. The van der Waals surface area contributed by atoms with Crippen molar-refractivity contribution >= 4 is 40.5 Å². The van der Waals surface area contributed by atoms with Crippen LogP contribution < -0.4 is 27.4 Å². The van der Waals surface area contributed by atoms with Crippen molar-refractivity contribution < 1.29 is 29.1 Å². The van der Waals surface area contributed by atoms with Crippen molar-refractivity contribution in [2.45, 2.75) is 84.0 Å². The van der Waals surface area contributed by atoms with Gasteiger partial charge in [-0.15, -0.1) is 0 Å². The summed E-state index contributed by atoms with van der Waals surface area (Å²) in [6.07, 6.45) is 2.39. The molecule has 9 N–H and O–H groups in total. The number of benzene rings is 1. The average molecular weight is 559 g/mol. The molecular weight excluding hydrogens is 516 g/mol. The Morgan fingerprint density at radius 1 is 0.950 bits per heavy atom. The van der Waals surface area contributed by atoms with E-state index in [1.54, 1.807) is 13.1 Å². The maximum Gasteiger partial charge on any atom is 0.326 e. The number of hydrogen-bond donors (Lipinski definition) is 7. The van der Waals surface area contributed by atoms with E-state index < -0.39 is 53.8 Å². The first kappa shape index (κ1) is 32.3. The zero-order valence-corrected chi connectivity index (χ0v) is 23.5. The first-order valence-corrected chi connectivity index (χ1v) is 13.6. The standard InChI is InChI=1S/C28H42N6O6/c1-5-16(4)24(34-25(36)19(29)13-17-14-31-20-9-7-6-8-18(17)20)27(38)32-21(10-11-23(30)35)26(37)33-22(28(39)40)12-15(2)3/h6-9,14-16,19,21-22,24,31H,5,10-13,29H2,1-4H3,(H2,30,35)(H,32,38)(H,33,37)(H,34,36)(H,39,40). The van der Waals surface area contributed by atoms with Gasteiger partial charge in [0.25, 0.3) is 0 Å². The number of carbonyl (C=O) groups is 5. The van der Waals surface area contributed by atoms with Gasteiger partial charge in [0, 0.05) is 23.5 Å². The van der Waals surface area contributed by atoms with E-state index in [0.717, 1.165) is 16.5 Å². The Morgan fingerprint density at radius 2 is 1.60 bits per heavy atom. The zero-order valence-electron chi connectivity index (χ0n) is 23.5. The molecule has 2 rings (SSSR count). The topological polar surface area (TPSA) is 209 Å².